The van der Waals surface area contributed by atoms with Crippen LogP contribution in [-0.2, 0) is 13.1 Å². The largest absolute Gasteiger partial charge is 0.493 e. The van der Waals surface area contributed by atoms with Gasteiger partial charge in [0.2, 0.25) is 0 Å². The lowest BCUT2D eigenvalue weighted by molar-refractivity contribution is 0.245. The summed E-state index contributed by atoms with van der Waals surface area (Å²) in [5.41, 5.74) is 6.75. The molecule has 1 aromatic carbocycles. The highest BCUT2D eigenvalue weighted by atomic mass is 16.5. The predicted octanol–water partition coefficient (Wildman–Crippen LogP) is 2.95. The van der Waals surface area contributed by atoms with Gasteiger partial charge >= 0.3 is 0 Å². The third-order valence-electron chi connectivity index (χ3n) is 3.36. The van der Waals surface area contributed by atoms with Gasteiger partial charge in [-0.1, -0.05) is 18.2 Å². The van der Waals surface area contributed by atoms with E-state index in [4.69, 9.17) is 14.9 Å². The first-order valence-electron chi connectivity index (χ1n) is 7.33. The molecular weight excluding hydrogens is 264 g/mol. The Morgan fingerprint density at radius 2 is 2.00 bits per heavy atom. The Morgan fingerprint density at radius 1 is 1.19 bits per heavy atom. The minimum absolute atomic E-state index is 0.508. The number of nitrogens with zero attached hydrogens (tertiary/aromatic N) is 1. The van der Waals surface area contributed by atoms with Crippen LogP contribution in [0, 0.1) is 6.92 Å². The van der Waals surface area contributed by atoms with Crippen molar-refractivity contribution < 1.29 is 9.15 Å². The van der Waals surface area contributed by atoms with Gasteiger partial charge in [-0.2, -0.15) is 0 Å². The van der Waals surface area contributed by atoms with Crippen LogP contribution < -0.4 is 10.5 Å². The molecule has 0 aliphatic heterocycles. The minimum Gasteiger partial charge on any atom is -0.493 e. The number of benzene rings is 1. The topological polar surface area (TPSA) is 51.6 Å². The van der Waals surface area contributed by atoms with Crippen molar-refractivity contribution in [3.8, 4) is 5.75 Å². The van der Waals surface area contributed by atoms with Gasteiger partial charge in [-0.15, -0.1) is 0 Å². The van der Waals surface area contributed by atoms with Crippen LogP contribution in [0.4, 0.5) is 0 Å². The summed E-state index contributed by atoms with van der Waals surface area (Å²) < 4.78 is 11.4. The first-order chi connectivity index (χ1) is 10.2. The molecule has 0 aliphatic rings. The maximum Gasteiger partial charge on any atom is 0.123 e. The van der Waals surface area contributed by atoms with Crippen LogP contribution in [0.15, 0.2) is 40.8 Å². The van der Waals surface area contributed by atoms with Crippen molar-refractivity contribution in [2.75, 3.05) is 20.2 Å². The molecule has 0 atom stereocenters. The number of hydrogen-bond acceptors (Lipinski definition) is 4. The summed E-state index contributed by atoms with van der Waals surface area (Å²) >= 11 is 0. The maximum absolute atomic E-state index is 5.80. The molecule has 0 saturated carbocycles. The van der Waals surface area contributed by atoms with Gasteiger partial charge in [0.05, 0.1) is 13.2 Å². The number of ether oxygens (including phenoxy) is 1. The molecule has 2 rings (SSSR count). The molecule has 21 heavy (non-hydrogen) atoms. The Bertz CT molecular complexity index is 551. The molecule has 0 saturated heterocycles. The third-order valence-corrected chi connectivity index (χ3v) is 3.36. The lowest BCUT2D eigenvalue weighted by Crippen LogP contribution is -2.20. The lowest BCUT2D eigenvalue weighted by Gasteiger charge is -2.16. The molecule has 4 heteroatoms. The van der Waals surface area contributed by atoms with Gasteiger partial charge in [0.1, 0.15) is 17.3 Å². The molecule has 4 nitrogen and oxygen atoms in total. The molecule has 114 valence electrons. The Hall–Kier alpha value is -1.78. The molecule has 0 unspecified atom stereocenters. The molecule has 1 heterocycles. The highest BCUT2D eigenvalue weighted by Gasteiger charge is 2.05. The van der Waals surface area contributed by atoms with E-state index in [2.05, 4.69) is 11.9 Å². The highest BCUT2D eigenvalue weighted by molar-refractivity contribution is 5.32. The van der Waals surface area contributed by atoms with Gasteiger partial charge in [0.15, 0.2) is 0 Å². The molecule has 2 N–H and O–H groups in total. The fourth-order valence-electron chi connectivity index (χ4n) is 2.25. The highest BCUT2D eigenvalue weighted by Crippen LogP contribution is 2.17. The molecular formula is C17H24N2O2. The maximum atomic E-state index is 5.80. The SMILES string of the molecule is Cc1ccc(CN(C)CCCOc2ccccc2CN)o1. The van der Waals surface area contributed by atoms with Gasteiger partial charge in [0, 0.05) is 18.7 Å². The summed E-state index contributed by atoms with van der Waals surface area (Å²) in [6.45, 7) is 4.95. The predicted molar refractivity (Wildman–Crippen MR) is 84.2 cm³/mol. The van der Waals surface area contributed by atoms with E-state index >= 15 is 0 Å². The Labute approximate surface area is 126 Å². The van der Waals surface area contributed by atoms with E-state index in [0.29, 0.717) is 13.2 Å². The van der Waals surface area contributed by atoms with Crippen LogP contribution in [0.5, 0.6) is 5.75 Å². The molecule has 0 fully saturated rings. The van der Waals surface area contributed by atoms with E-state index in [1.54, 1.807) is 0 Å². The first kappa shape index (κ1) is 15.6. The Balaban J connectivity index is 1.69. The van der Waals surface area contributed by atoms with Gasteiger partial charge in [-0.05, 0) is 38.6 Å². The fourth-order valence-corrected chi connectivity index (χ4v) is 2.25. The van der Waals surface area contributed by atoms with Crippen molar-refractivity contribution in [3.63, 3.8) is 0 Å². The third kappa shape index (κ3) is 4.92. The van der Waals surface area contributed by atoms with Crippen LogP contribution in [0.3, 0.4) is 0 Å². The number of para-hydroxylation sites is 1. The van der Waals surface area contributed by atoms with E-state index in [-0.39, 0.29) is 0 Å². The van der Waals surface area contributed by atoms with Gasteiger partial charge in [-0.3, -0.25) is 4.90 Å². The van der Waals surface area contributed by atoms with Crippen LogP contribution >= 0.6 is 0 Å². The monoisotopic (exact) mass is 288 g/mol. The van der Waals surface area contributed by atoms with E-state index < -0.39 is 0 Å². The van der Waals surface area contributed by atoms with Crippen molar-refractivity contribution in [3.05, 3.63) is 53.5 Å². The summed E-state index contributed by atoms with van der Waals surface area (Å²) in [5, 5.41) is 0. The van der Waals surface area contributed by atoms with Crippen molar-refractivity contribution in [2.45, 2.75) is 26.4 Å². The average molecular weight is 288 g/mol. The second-order valence-corrected chi connectivity index (χ2v) is 5.26. The zero-order valence-electron chi connectivity index (χ0n) is 12.8. The second-order valence-electron chi connectivity index (χ2n) is 5.26. The average Bonchev–Trinajstić information content (AvgIpc) is 2.89. The minimum atomic E-state index is 0.508. The van der Waals surface area contributed by atoms with Crippen molar-refractivity contribution in [1.29, 1.82) is 0 Å². The quantitative estimate of drug-likeness (QED) is 0.759. The summed E-state index contributed by atoms with van der Waals surface area (Å²) in [6, 6.07) is 11.9. The molecule has 0 amide bonds. The summed E-state index contributed by atoms with van der Waals surface area (Å²) in [7, 11) is 2.09. The summed E-state index contributed by atoms with van der Waals surface area (Å²) in [6.07, 6.45) is 0.967. The zero-order chi connectivity index (χ0) is 15.1. The Morgan fingerprint density at radius 3 is 2.71 bits per heavy atom. The number of aryl methyl sites for hydroxylation is 1. The lowest BCUT2D eigenvalue weighted by atomic mass is 10.2. The molecule has 0 aliphatic carbocycles. The van der Waals surface area contributed by atoms with Crippen molar-refractivity contribution in [1.82, 2.24) is 4.90 Å². The fraction of sp³-hybridized carbons (Fsp3) is 0.412. The second kappa shape index (κ2) is 7.86. The summed E-state index contributed by atoms with van der Waals surface area (Å²) in [5.74, 6) is 2.86. The molecule has 0 radical (unpaired) electrons. The van der Waals surface area contributed by atoms with Crippen LogP contribution in [0.2, 0.25) is 0 Å². The van der Waals surface area contributed by atoms with Crippen molar-refractivity contribution >= 4 is 0 Å². The van der Waals surface area contributed by atoms with E-state index in [9.17, 15) is 0 Å². The van der Waals surface area contributed by atoms with Gasteiger partial charge in [-0.25, -0.2) is 0 Å². The summed E-state index contributed by atoms with van der Waals surface area (Å²) in [4.78, 5) is 2.23. The number of furan rings is 1. The van der Waals surface area contributed by atoms with Crippen LogP contribution in [0.25, 0.3) is 0 Å². The van der Waals surface area contributed by atoms with E-state index in [0.717, 1.165) is 42.3 Å². The number of nitrogens with two attached hydrogens (primary N) is 1. The first-order valence-corrected chi connectivity index (χ1v) is 7.33. The standard InChI is InChI=1S/C17H24N2O2/c1-14-8-9-16(21-14)13-19(2)10-5-11-20-17-7-4-3-6-15(17)12-18/h3-4,6-9H,5,10-13,18H2,1-2H3. The molecule has 1 aromatic heterocycles. The number of rotatable bonds is 8. The zero-order valence-corrected chi connectivity index (χ0v) is 12.8. The van der Waals surface area contributed by atoms with Gasteiger partial charge < -0.3 is 14.9 Å². The smallest absolute Gasteiger partial charge is 0.123 e. The molecule has 0 bridgehead atoms. The van der Waals surface area contributed by atoms with Crippen molar-refractivity contribution in [2.24, 2.45) is 5.73 Å². The van der Waals surface area contributed by atoms with Crippen LogP contribution in [-0.4, -0.2) is 25.1 Å². The van der Waals surface area contributed by atoms with E-state index in [1.807, 2.05) is 43.3 Å². The normalized spacial score (nSPS) is 11.0. The number of hydrogen-bond donors (Lipinski definition) is 1. The Kier molecular flexibility index (Phi) is 5.84. The molecule has 0 spiro atoms. The van der Waals surface area contributed by atoms with Gasteiger partial charge in [0.25, 0.3) is 0 Å². The van der Waals surface area contributed by atoms with Crippen LogP contribution in [0.1, 0.15) is 23.5 Å². The van der Waals surface area contributed by atoms with E-state index in [1.165, 1.54) is 0 Å². The molecule has 2 aromatic rings.